The first-order valence-electron chi connectivity index (χ1n) is 7.95. The molecular formula is C18H16ClF3N4. The third-order valence-electron chi connectivity index (χ3n) is 3.85. The fraction of sp³-hybridized carbons (Fsp3) is 0.222. The van der Waals surface area contributed by atoms with E-state index in [0.29, 0.717) is 23.7 Å². The predicted molar refractivity (Wildman–Crippen MR) is 93.2 cm³/mol. The van der Waals surface area contributed by atoms with Crippen molar-refractivity contribution in [2.24, 2.45) is 0 Å². The largest absolute Gasteiger partial charge is 0.416 e. The van der Waals surface area contributed by atoms with E-state index >= 15 is 0 Å². The molecule has 0 unspecified atom stereocenters. The fourth-order valence-corrected chi connectivity index (χ4v) is 2.82. The number of alkyl halides is 3. The molecule has 136 valence electrons. The molecule has 26 heavy (non-hydrogen) atoms. The number of nitrogens with zero attached hydrogens (tertiary/aromatic N) is 3. The lowest BCUT2D eigenvalue weighted by molar-refractivity contribution is -0.138. The molecular weight excluding hydrogens is 365 g/mol. The fourth-order valence-electron chi connectivity index (χ4n) is 2.57. The van der Waals surface area contributed by atoms with Crippen molar-refractivity contribution in [1.29, 1.82) is 0 Å². The Hall–Kier alpha value is -2.38. The van der Waals surface area contributed by atoms with Crippen molar-refractivity contribution in [3.8, 4) is 5.69 Å². The van der Waals surface area contributed by atoms with E-state index in [9.17, 15) is 13.2 Å². The highest BCUT2D eigenvalue weighted by Gasteiger charge is 2.32. The minimum absolute atomic E-state index is 0.124. The van der Waals surface area contributed by atoms with Gasteiger partial charge < -0.3 is 5.32 Å². The molecule has 2 aromatic heterocycles. The van der Waals surface area contributed by atoms with Crippen molar-refractivity contribution in [3.63, 3.8) is 0 Å². The SMILES string of the molecule is FC(F)(F)c1ccccc1CNCCc1ncc(-n2cccn2)cc1Cl. The summed E-state index contributed by atoms with van der Waals surface area (Å²) < 4.78 is 40.6. The van der Waals surface area contributed by atoms with Gasteiger partial charge in [0.15, 0.2) is 0 Å². The second-order valence-electron chi connectivity index (χ2n) is 5.65. The number of halogens is 4. The molecule has 8 heteroatoms. The summed E-state index contributed by atoms with van der Waals surface area (Å²) in [7, 11) is 0. The zero-order valence-corrected chi connectivity index (χ0v) is 14.4. The van der Waals surface area contributed by atoms with Crippen LogP contribution in [0.15, 0.2) is 55.0 Å². The van der Waals surface area contributed by atoms with Crippen LogP contribution in [-0.2, 0) is 19.1 Å². The molecule has 0 aliphatic heterocycles. The smallest absolute Gasteiger partial charge is 0.312 e. The molecule has 0 radical (unpaired) electrons. The van der Waals surface area contributed by atoms with Crippen LogP contribution in [0.1, 0.15) is 16.8 Å². The van der Waals surface area contributed by atoms with Crippen LogP contribution in [0.25, 0.3) is 5.69 Å². The van der Waals surface area contributed by atoms with E-state index in [1.165, 1.54) is 12.1 Å². The quantitative estimate of drug-likeness (QED) is 0.649. The van der Waals surface area contributed by atoms with E-state index < -0.39 is 11.7 Å². The standard InChI is InChI=1S/C18H16ClF3N4/c19-16-10-14(26-9-3-7-25-26)12-24-17(16)6-8-23-11-13-4-1-2-5-15(13)18(20,21)22/h1-5,7,9-10,12,23H,6,8,11H2. The van der Waals surface area contributed by atoms with Crippen molar-refractivity contribution in [3.05, 3.63) is 76.8 Å². The normalized spacial score (nSPS) is 11.7. The molecule has 0 saturated carbocycles. The molecule has 0 spiro atoms. The Morgan fingerprint density at radius 2 is 1.96 bits per heavy atom. The molecule has 0 saturated heterocycles. The molecule has 0 amide bonds. The number of benzene rings is 1. The summed E-state index contributed by atoms with van der Waals surface area (Å²) in [5.41, 5.74) is 1.02. The highest BCUT2D eigenvalue weighted by Crippen LogP contribution is 2.31. The van der Waals surface area contributed by atoms with Crippen molar-refractivity contribution in [2.75, 3.05) is 6.54 Å². The average molecular weight is 381 g/mol. The van der Waals surface area contributed by atoms with Crippen molar-refractivity contribution < 1.29 is 13.2 Å². The lowest BCUT2D eigenvalue weighted by Gasteiger charge is -2.13. The van der Waals surface area contributed by atoms with E-state index in [4.69, 9.17) is 11.6 Å². The van der Waals surface area contributed by atoms with Gasteiger partial charge in [-0.3, -0.25) is 4.98 Å². The van der Waals surface area contributed by atoms with Gasteiger partial charge in [0.05, 0.1) is 28.2 Å². The van der Waals surface area contributed by atoms with Gasteiger partial charge in [-0.25, -0.2) is 4.68 Å². The van der Waals surface area contributed by atoms with Crippen molar-refractivity contribution in [1.82, 2.24) is 20.1 Å². The zero-order valence-electron chi connectivity index (χ0n) is 13.7. The maximum absolute atomic E-state index is 13.0. The van der Waals surface area contributed by atoms with Gasteiger partial charge >= 0.3 is 6.18 Å². The first-order chi connectivity index (χ1) is 12.4. The summed E-state index contributed by atoms with van der Waals surface area (Å²) in [4.78, 5) is 4.32. The van der Waals surface area contributed by atoms with E-state index in [1.54, 1.807) is 41.5 Å². The van der Waals surface area contributed by atoms with Crippen molar-refractivity contribution >= 4 is 11.6 Å². The first kappa shape index (κ1) is 18.4. The van der Waals surface area contributed by atoms with E-state index in [2.05, 4.69) is 15.4 Å². The highest BCUT2D eigenvalue weighted by molar-refractivity contribution is 6.31. The summed E-state index contributed by atoms with van der Waals surface area (Å²) in [6, 6.07) is 9.10. The van der Waals surface area contributed by atoms with Crippen LogP contribution in [0.2, 0.25) is 5.02 Å². The van der Waals surface area contributed by atoms with Gasteiger partial charge in [-0.1, -0.05) is 29.8 Å². The summed E-state index contributed by atoms with van der Waals surface area (Å²) in [6.45, 7) is 0.582. The predicted octanol–water partition coefficient (Wildman–Crippen LogP) is 4.27. The van der Waals surface area contributed by atoms with Gasteiger partial charge in [0.25, 0.3) is 0 Å². The summed E-state index contributed by atoms with van der Waals surface area (Å²) in [5, 5.41) is 7.62. The molecule has 1 aromatic carbocycles. The number of hydrogen-bond donors (Lipinski definition) is 1. The Kier molecular flexibility index (Phi) is 5.58. The molecule has 1 N–H and O–H groups in total. The molecule has 0 bridgehead atoms. The molecule has 4 nitrogen and oxygen atoms in total. The molecule has 3 aromatic rings. The van der Waals surface area contributed by atoms with Crippen LogP contribution < -0.4 is 5.32 Å². The van der Waals surface area contributed by atoms with Crippen LogP contribution in [0, 0.1) is 0 Å². The maximum Gasteiger partial charge on any atom is 0.416 e. The molecule has 3 rings (SSSR count). The third-order valence-corrected chi connectivity index (χ3v) is 4.18. The maximum atomic E-state index is 13.0. The van der Waals surface area contributed by atoms with Crippen LogP contribution >= 0.6 is 11.6 Å². The second-order valence-corrected chi connectivity index (χ2v) is 6.06. The van der Waals surface area contributed by atoms with Crippen molar-refractivity contribution in [2.45, 2.75) is 19.1 Å². The Labute approximate surface area is 153 Å². The van der Waals surface area contributed by atoms with Gasteiger partial charge in [0.1, 0.15) is 0 Å². The monoisotopic (exact) mass is 380 g/mol. The topological polar surface area (TPSA) is 42.7 Å². The molecule has 0 fully saturated rings. The summed E-state index contributed by atoms with van der Waals surface area (Å²) >= 11 is 6.25. The number of rotatable bonds is 6. The lowest BCUT2D eigenvalue weighted by atomic mass is 10.1. The van der Waals surface area contributed by atoms with Crippen LogP contribution in [0.5, 0.6) is 0 Å². The number of nitrogens with one attached hydrogen (secondary N) is 1. The average Bonchev–Trinajstić information content (AvgIpc) is 3.14. The Morgan fingerprint density at radius 3 is 2.65 bits per heavy atom. The molecule has 0 atom stereocenters. The lowest BCUT2D eigenvalue weighted by Crippen LogP contribution is -2.20. The van der Waals surface area contributed by atoms with Crippen LogP contribution in [0.3, 0.4) is 0 Å². The van der Waals surface area contributed by atoms with Gasteiger partial charge in [-0.05, 0) is 23.8 Å². The Bertz CT molecular complexity index is 863. The van der Waals surface area contributed by atoms with E-state index in [-0.39, 0.29) is 12.1 Å². The number of hydrogen-bond acceptors (Lipinski definition) is 3. The van der Waals surface area contributed by atoms with Gasteiger partial charge in [0, 0.05) is 31.9 Å². The molecule has 0 aliphatic rings. The highest BCUT2D eigenvalue weighted by atomic mass is 35.5. The van der Waals surface area contributed by atoms with Crippen LogP contribution in [-0.4, -0.2) is 21.3 Å². The van der Waals surface area contributed by atoms with E-state index in [1.807, 2.05) is 0 Å². The second kappa shape index (κ2) is 7.88. The molecule has 0 aliphatic carbocycles. The van der Waals surface area contributed by atoms with E-state index in [0.717, 1.165) is 11.8 Å². The molecule has 2 heterocycles. The van der Waals surface area contributed by atoms with Gasteiger partial charge in [-0.15, -0.1) is 0 Å². The Morgan fingerprint density at radius 1 is 1.15 bits per heavy atom. The first-order valence-corrected chi connectivity index (χ1v) is 8.33. The van der Waals surface area contributed by atoms with Gasteiger partial charge in [0.2, 0.25) is 0 Å². The Balaban J connectivity index is 1.58. The number of aromatic nitrogens is 3. The summed E-state index contributed by atoms with van der Waals surface area (Å²) in [5.74, 6) is 0. The van der Waals surface area contributed by atoms with Gasteiger partial charge in [-0.2, -0.15) is 18.3 Å². The number of pyridine rings is 1. The zero-order chi connectivity index (χ0) is 18.6. The summed E-state index contributed by atoms with van der Waals surface area (Å²) in [6.07, 6.45) is 1.25. The van der Waals surface area contributed by atoms with Crippen LogP contribution in [0.4, 0.5) is 13.2 Å². The minimum atomic E-state index is -4.36. The third kappa shape index (κ3) is 4.42. The minimum Gasteiger partial charge on any atom is -0.312 e.